The number of nitrogens with one attached hydrogen (secondary N) is 2. The second-order valence-electron chi connectivity index (χ2n) is 6.62. The Morgan fingerprint density at radius 3 is 2.31 bits per heavy atom. The zero-order valence-corrected chi connectivity index (χ0v) is 18.9. The quantitative estimate of drug-likeness (QED) is 0.603. The van der Waals surface area contributed by atoms with Crippen LogP contribution in [0.1, 0.15) is 30.6 Å². The molecule has 2 amide bonds. The predicted molar refractivity (Wildman–Crippen MR) is 119 cm³/mol. The van der Waals surface area contributed by atoms with Gasteiger partial charge < -0.3 is 10.6 Å². The lowest BCUT2D eigenvalue weighted by atomic mass is 10.1. The molecule has 9 heteroatoms. The fourth-order valence-corrected chi connectivity index (χ4v) is 3.64. The molecule has 0 saturated carbocycles. The van der Waals surface area contributed by atoms with Crippen LogP contribution in [0, 0.1) is 0 Å². The third-order valence-electron chi connectivity index (χ3n) is 4.24. The number of halogens is 1. The Morgan fingerprint density at radius 2 is 1.72 bits per heavy atom. The highest BCUT2D eigenvalue weighted by atomic mass is 79.9. The minimum absolute atomic E-state index is 0.00983. The van der Waals surface area contributed by atoms with Crippen LogP contribution < -0.4 is 14.9 Å². The molecule has 0 fully saturated rings. The Labute approximate surface area is 179 Å². The van der Waals surface area contributed by atoms with Crippen LogP contribution in [0.25, 0.3) is 0 Å². The molecule has 29 heavy (non-hydrogen) atoms. The molecular weight excluding hydrogens is 458 g/mol. The molecule has 0 aliphatic rings. The van der Waals surface area contributed by atoms with Crippen molar-refractivity contribution in [3.05, 3.63) is 58.6 Å². The summed E-state index contributed by atoms with van der Waals surface area (Å²) in [5.41, 5.74) is 1.01. The van der Waals surface area contributed by atoms with Gasteiger partial charge in [0, 0.05) is 10.5 Å². The number of sulfonamides is 1. The van der Waals surface area contributed by atoms with Crippen molar-refractivity contribution in [3.8, 4) is 0 Å². The lowest BCUT2D eigenvalue weighted by Crippen LogP contribution is -2.38. The first-order valence-corrected chi connectivity index (χ1v) is 11.7. The van der Waals surface area contributed by atoms with E-state index in [0.29, 0.717) is 16.9 Å². The Morgan fingerprint density at radius 1 is 1.10 bits per heavy atom. The van der Waals surface area contributed by atoms with E-state index in [1.54, 1.807) is 48.5 Å². The molecule has 2 rings (SSSR count). The van der Waals surface area contributed by atoms with E-state index in [1.807, 2.05) is 13.8 Å². The Bertz CT molecular complexity index is 977. The molecular formula is C20H24BrN3O4S. The first-order valence-electron chi connectivity index (χ1n) is 9.04. The summed E-state index contributed by atoms with van der Waals surface area (Å²) < 4.78 is 26.2. The van der Waals surface area contributed by atoms with Crippen LogP contribution in [-0.4, -0.2) is 39.1 Å². The number of hydrogen-bond donors (Lipinski definition) is 2. The minimum Gasteiger partial charge on any atom is -0.350 e. The van der Waals surface area contributed by atoms with Gasteiger partial charge in [-0.1, -0.05) is 35.0 Å². The van der Waals surface area contributed by atoms with Gasteiger partial charge in [0.25, 0.3) is 5.91 Å². The number of anilines is 2. The van der Waals surface area contributed by atoms with Crippen molar-refractivity contribution in [2.24, 2.45) is 0 Å². The topological polar surface area (TPSA) is 95.6 Å². The van der Waals surface area contributed by atoms with Gasteiger partial charge in [-0.2, -0.15) is 0 Å². The van der Waals surface area contributed by atoms with Gasteiger partial charge in [0.15, 0.2) is 0 Å². The summed E-state index contributed by atoms with van der Waals surface area (Å²) >= 11 is 3.30. The number of carbonyl (C=O) groups excluding carboxylic acids is 2. The number of carbonyl (C=O) groups is 2. The van der Waals surface area contributed by atoms with Crippen LogP contribution in [0.2, 0.25) is 0 Å². The van der Waals surface area contributed by atoms with E-state index in [4.69, 9.17) is 0 Å². The van der Waals surface area contributed by atoms with Gasteiger partial charge in [-0.3, -0.25) is 13.9 Å². The van der Waals surface area contributed by atoms with Crippen LogP contribution in [0.3, 0.4) is 0 Å². The predicted octanol–water partition coefficient (Wildman–Crippen LogP) is 3.38. The van der Waals surface area contributed by atoms with Gasteiger partial charge >= 0.3 is 0 Å². The monoisotopic (exact) mass is 481 g/mol. The van der Waals surface area contributed by atoms with Gasteiger partial charge in [0.2, 0.25) is 15.9 Å². The fourth-order valence-electron chi connectivity index (χ4n) is 2.52. The summed E-state index contributed by atoms with van der Waals surface area (Å²) in [6.45, 7) is 3.43. The normalized spacial score (nSPS) is 12.1. The average molecular weight is 482 g/mol. The molecule has 1 atom stereocenters. The van der Waals surface area contributed by atoms with E-state index < -0.39 is 22.5 Å². The van der Waals surface area contributed by atoms with Gasteiger partial charge in [-0.15, -0.1) is 0 Å². The number of amides is 2. The minimum atomic E-state index is -3.69. The van der Waals surface area contributed by atoms with E-state index in [-0.39, 0.29) is 11.9 Å². The highest BCUT2D eigenvalue weighted by Crippen LogP contribution is 2.21. The summed E-state index contributed by atoms with van der Waals surface area (Å²) in [6, 6.07) is 13.2. The van der Waals surface area contributed by atoms with Crippen molar-refractivity contribution in [3.63, 3.8) is 0 Å². The molecule has 2 aromatic rings. The molecule has 156 valence electrons. The lowest BCUT2D eigenvalue weighted by Gasteiger charge is -2.22. The molecule has 0 aliphatic heterocycles. The van der Waals surface area contributed by atoms with E-state index in [1.165, 1.54) is 0 Å². The Kier molecular flexibility index (Phi) is 7.80. The van der Waals surface area contributed by atoms with Gasteiger partial charge in [0.05, 0.1) is 23.2 Å². The summed E-state index contributed by atoms with van der Waals surface area (Å²) in [4.78, 5) is 25.1. The molecule has 2 aromatic carbocycles. The van der Waals surface area contributed by atoms with E-state index in [9.17, 15) is 18.0 Å². The van der Waals surface area contributed by atoms with Crippen molar-refractivity contribution in [2.75, 3.05) is 22.4 Å². The maximum absolute atomic E-state index is 12.6. The van der Waals surface area contributed by atoms with Crippen molar-refractivity contribution in [1.82, 2.24) is 5.32 Å². The van der Waals surface area contributed by atoms with Crippen LogP contribution >= 0.6 is 15.9 Å². The number of rotatable bonds is 8. The molecule has 0 spiro atoms. The van der Waals surface area contributed by atoms with Crippen molar-refractivity contribution >= 4 is 49.1 Å². The summed E-state index contributed by atoms with van der Waals surface area (Å²) in [5, 5.41) is 5.51. The highest BCUT2D eigenvalue weighted by molar-refractivity contribution is 9.10. The third-order valence-corrected chi connectivity index (χ3v) is 5.91. The van der Waals surface area contributed by atoms with Gasteiger partial charge in [-0.05, 0) is 49.7 Å². The summed E-state index contributed by atoms with van der Waals surface area (Å²) in [5.74, 6) is -0.856. The molecule has 0 saturated heterocycles. The van der Waals surface area contributed by atoms with Gasteiger partial charge in [-0.25, -0.2) is 8.42 Å². The fraction of sp³-hybridized carbons (Fsp3) is 0.300. The van der Waals surface area contributed by atoms with Crippen LogP contribution in [0.5, 0.6) is 0 Å². The number of benzene rings is 2. The van der Waals surface area contributed by atoms with Crippen LogP contribution in [0.15, 0.2) is 53.0 Å². The van der Waals surface area contributed by atoms with Gasteiger partial charge in [0.1, 0.15) is 6.54 Å². The zero-order chi connectivity index (χ0) is 21.6. The first kappa shape index (κ1) is 22.9. The average Bonchev–Trinajstić information content (AvgIpc) is 2.66. The first-order chi connectivity index (χ1) is 13.6. The molecule has 0 unspecified atom stereocenters. The van der Waals surface area contributed by atoms with Crippen molar-refractivity contribution < 1.29 is 18.0 Å². The number of hydrogen-bond acceptors (Lipinski definition) is 4. The SMILES string of the molecule is CC[C@@H](C)NC(=O)c1ccccc1NC(=O)CN(c1ccc(Br)cc1)S(C)(=O)=O. The van der Waals surface area contributed by atoms with E-state index >= 15 is 0 Å². The molecule has 0 aliphatic carbocycles. The molecule has 0 aromatic heterocycles. The third kappa shape index (κ3) is 6.57. The van der Waals surface area contributed by atoms with Crippen molar-refractivity contribution in [2.45, 2.75) is 26.3 Å². The second kappa shape index (κ2) is 9.89. The Hall–Kier alpha value is -2.39. The highest BCUT2D eigenvalue weighted by Gasteiger charge is 2.22. The molecule has 7 nitrogen and oxygen atoms in total. The summed E-state index contributed by atoms with van der Waals surface area (Å²) in [6.07, 6.45) is 1.81. The van der Waals surface area contributed by atoms with E-state index in [0.717, 1.165) is 21.5 Å². The molecule has 0 radical (unpaired) electrons. The van der Waals surface area contributed by atoms with Crippen LogP contribution in [-0.2, 0) is 14.8 Å². The maximum Gasteiger partial charge on any atom is 0.253 e. The molecule has 2 N–H and O–H groups in total. The second-order valence-corrected chi connectivity index (χ2v) is 9.45. The number of para-hydroxylation sites is 1. The molecule has 0 heterocycles. The zero-order valence-electron chi connectivity index (χ0n) is 16.5. The maximum atomic E-state index is 12.6. The standard InChI is InChI=1S/C20H24BrN3O4S/c1-4-14(2)22-20(26)17-7-5-6-8-18(17)23-19(25)13-24(29(3,27)28)16-11-9-15(21)10-12-16/h5-12,14H,4,13H2,1-3H3,(H,22,26)(H,23,25)/t14-/m1/s1. The number of nitrogens with zero attached hydrogens (tertiary/aromatic N) is 1. The van der Waals surface area contributed by atoms with Crippen LogP contribution in [0.4, 0.5) is 11.4 Å². The smallest absolute Gasteiger partial charge is 0.253 e. The lowest BCUT2D eigenvalue weighted by molar-refractivity contribution is -0.114. The van der Waals surface area contributed by atoms with Crippen molar-refractivity contribution in [1.29, 1.82) is 0 Å². The Balaban J connectivity index is 2.21. The van der Waals surface area contributed by atoms with E-state index in [2.05, 4.69) is 26.6 Å². The molecule has 0 bridgehead atoms. The summed E-state index contributed by atoms with van der Waals surface area (Å²) in [7, 11) is -3.69. The largest absolute Gasteiger partial charge is 0.350 e.